The Morgan fingerprint density at radius 2 is 1.64 bits per heavy atom. The molecule has 2 aromatic carbocycles. The highest BCUT2D eigenvalue weighted by Crippen LogP contribution is 2.31. The lowest BCUT2D eigenvalue weighted by Gasteiger charge is -2.19. The first-order chi connectivity index (χ1) is 11.9. The van der Waals surface area contributed by atoms with Crippen molar-refractivity contribution in [1.82, 2.24) is 0 Å². The third-order valence-corrected chi connectivity index (χ3v) is 3.53. The van der Waals surface area contributed by atoms with E-state index in [1.54, 1.807) is 43.3 Å². The Labute approximate surface area is 143 Å². The SMILES string of the molecule is COc1ccc(OCCN(C)c2ccc([N+](=O)[O-])cc2[N+](=O)[O-])cc1. The molecule has 0 bridgehead atoms. The number of nitro groups is 2. The van der Waals surface area contributed by atoms with E-state index in [1.807, 2.05) is 0 Å². The minimum absolute atomic E-state index is 0.286. The van der Waals surface area contributed by atoms with Crippen LogP contribution in [0.15, 0.2) is 42.5 Å². The fraction of sp³-hybridized carbons (Fsp3) is 0.250. The van der Waals surface area contributed by atoms with E-state index in [0.717, 1.165) is 6.07 Å². The molecule has 0 unspecified atom stereocenters. The summed E-state index contributed by atoms with van der Waals surface area (Å²) in [4.78, 5) is 22.3. The molecule has 0 radical (unpaired) electrons. The third-order valence-electron chi connectivity index (χ3n) is 3.53. The van der Waals surface area contributed by atoms with E-state index < -0.39 is 9.85 Å². The number of hydrogen-bond acceptors (Lipinski definition) is 7. The summed E-state index contributed by atoms with van der Waals surface area (Å²) in [6.07, 6.45) is 0. The normalized spacial score (nSPS) is 10.2. The maximum absolute atomic E-state index is 11.2. The molecule has 0 saturated heterocycles. The lowest BCUT2D eigenvalue weighted by Crippen LogP contribution is -2.24. The first kappa shape index (κ1) is 18.0. The summed E-state index contributed by atoms with van der Waals surface area (Å²) in [5.74, 6) is 1.36. The van der Waals surface area contributed by atoms with Gasteiger partial charge in [0.05, 0.1) is 29.6 Å². The van der Waals surface area contributed by atoms with Gasteiger partial charge in [0.2, 0.25) is 0 Å². The van der Waals surface area contributed by atoms with Crippen molar-refractivity contribution < 1.29 is 19.3 Å². The summed E-state index contributed by atoms with van der Waals surface area (Å²) in [6.45, 7) is 0.654. The second kappa shape index (κ2) is 7.95. The van der Waals surface area contributed by atoms with Gasteiger partial charge in [-0.25, -0.2) is 0 Å². The first-order valence-electron chi connectivity index (χ1n) is 7.33. The van der Waals surface area contributed by atoms with Crippen LogP contribution in [0.5, 0.6) is 11.5 Å². The van der Waals surface area contributed by atoms with Crippen molar-refractivity contribution in [3.63, 3.8) is 0 Å². The van der Waals surface area contributed by atoms with Crippen molar-refractivity contribution in [2.45, 2.75) is 0 Å². The van der Waals surface area contributed by atoms with Crippen LogP contribution in [0, 0.1) is 20.2 Å². The Bertz CT molecular complexity index is 763. The van der Waals surface area contributed by atoms with Gasteiger partial charge in [0.1, 0.15) is 23.8 Å². The van der Waals surface area contributed by atoms with Crippen molar-refractivity contribution in [2.24, 2.45) is 0 Å². The number of nitrogens with zero attached hydrogens (tertiary/aromatic N) is 3. The molecule has 9 heteroatoms. The zero-order valence-electron chi connectivity index (χ0n) is 13.7. The maximum atomic E-state index is 11.2. The van der Waals surface area contributed by atoms with Gasteiger partial charge in [0.25, 0.3) is 11.4 Å². The maximum Gasteiger partial charge on any atom is 0.299 e. The number of benzene rings is 2. The topological polar surface area (TPSA) is 108 Å². The predicted molar refractivity (Wildman–Crippen MR) is 91.5 cm³/mol. The predicted octanol–water partition coefficient (Wildman–Crippen LogP) is 3.03. The molecule has 0 aromatic heterocycles. The van der Waals surface area contributed by atoms with Crippen molar-refractivity contribution in [3.8, 4) is 11.5 Å². The monoisotopic (exact) mass is 347 g/mol. The number of anilines is 1. The zero-order chi connectivity index (χ0) is 18.4. The quantitative estimate of drug-likeness (QED) is 0.533. The summed E-state index contributed by atoms with van der Waals surface area (Å²) in [6, 6.07) is 10.6. The number of methoxy groups -OCH3 is 1. The van der Waals surface area contributed by atoms with E-state index in [1.165, 1.54) is 12.1 Å². The van der Waals surface area contributed by atoms with Gasteiger partial charge in [-0.05, 0) is 30.3 Å². The largest absolute Gasteiger partial charge is 0.497 e. The molecule has 0 aliphatic heterocycles. The lowest BCUT2D eigenvalue weighted by atomic mass is 10.2. The van der Waals surface area contributed by atoms with Gasteiger partial charge in [-0.15, -0.1) is 0 Å². The van der Waals surface area contributed by atoms with Crippen LogP contribution in [-0.2, 0) is 0 Å². The Balaban J connectivity index is 2.03. The average Bonchev–Trinajstić information content (AvgIpc) is 2.61. The molecule has 0 heterocycles. The lowest BCUT2D eigenvalue weighted by molar-refractivity contribution is -0.393. The summed E-state index contributed by atoms with van der Waals surface area (Å²) >= 11 is 0. The number of nitro benzene ring substituents is 2. The van der Waals surface area contributed by atoms with E-state index in [2.05, 4.69) is 0 Å². The Morgan fingerprint density at radius 1 is 1.00 bits per heavy atom. The smallest absolute Gasteiger partial charge is 0.299 e. The van der Waals surface area contributed by atoms with Crippen molar-refractivity contribution in [2.75, 3.05) is 32.2 Å². The first-order valence-corrected chi connectivity index (χ1v) is 7.33. The van der Waals surface area contributed by atoms with Gasteiger partial charge in [-0.2, -0.15) is 0 Å². The van der Waals surface area contributed by atoms with Crippen LogP contribution in [0.1, 0.15) is 0 Å². The third kappa shape index (κ3) is 4.56. The highest BCUT2D eigenvalue weighted by Gasteiger charge is 2.21. The highest BCUT2D eigenvalue weighted by molar-refractivity contribution is 5.66. The van der Waals surface area contributed by atoms with E-state index in [0.29, 0.717) is 18.0 Å². The second-order valence-electron chi connectivity index (χ2n) is 5.13. The summed E-state index contributed by atoms with van der Waals surface area (Å²) in [5, 5.41) is 21.9. The Morgan fingerprint density at radius 3 is 2.20 bits per heavy atom. The summed E-state index contributed by atoms with van der Waals surface area (Å²) in [5.41, 5.74) is -0.353. The summed E-state index contributed by atoms with van der Waals surface area (Å²) < 4.78 is 10.6. The van der Waals surface area contributed by atoms with Gasteiger partial charge in [0, 0.05) is 13.1 Å². The van der Waals surface area contributed by atoms with Gasteiger partial charge in [-0.1, -0.05) is 0 Å². The van der Waals surface area contributed by atoms with Crippen LogP contribution in [0.3, 0.4) is 0 Å². The van der Waals surface area contributed by atoms with E-state index >= 15 is 0 Å². The fourth-order valence-electron chi connectivity index (χ4n) is 2.19. The van der Waals surface area contributed by atoms with Crippen LogP contribution in [-0.4, -0.2) is 37.2 Å². The standard InChI is InChI=1S/C16H17N3O6/c1-17(9-10-25-14-6-4-13(24-2)5-7-14)15-8-3-12(18(20)21)11-16(15)19(22)23/h3-8,11H,9-10H2,1-2H3. The molecule has 0 aliphatic carbocycles. The molecular formula is C16H17N3O6. The number of non-ortho nitro benzene ring substituents is 1. The summed E-state index contributed by atoms with van der Waals surface area (Å²) in [7, 11) is 3.23. The Hall–Kier alpha value is -3.36. The molecule has 0 spiro atoms. The molecule has 0 N–H and O–H groups in total. The molecular weight excluding hydrogens is 330 g/mol. The molecule has 2 aromatic rings. The average molecular weight is 347 g/mol. The molecule has 25 heavy (non-hydrogen) atoms. The molecule has 0 atom stereocenters. The molecule has 0 saturated carbocycles. The minimum atomic E-state index is -0.663. The fourth-order valence-corrected chi connectivity index (χ4v) is 2.19. The molecule has 0 amide bonds. The second-order valence-corrected chi connectivity index (χ2v) is 5.13. The van der Waals surface area contributed by atoms with Crippen LogP contribution in [0.25, 0.3) is 0 Å². The molecule has 9 nitrogen and oxygen atoms in total. The van der Waals surface area contributed by atoms with Gasteiger partial charge in [0.15, 0.2) is 0 Å². The van der Waals surface area contributed by atoms with Crippen molar-refractivity contribution in [3.05, 3.63) is 62.7 Å². The van der Waals surface area contributed by atoms with Crippen LogP contribution >= 0.6 is 0 Å². The molecule has 132 valence electrons. The van der Waals surface area contributed by atoms with E-state index in [9.17, 15) is 20.2 Å². The number of ether oxygens (including phenoxy) is 2. The van der Waals surface area contributed by atoms with E-state index in [-0.39, 0.29) is 23.7 Å². The zero-order valence-corrected chi connectivity index (χ0v) is 13.7. The number of rotatable bonds is 8. The number of hydrogen-bond donors (Lipinski definition) is 0. The van der Waals surface area contributed by atoms with Crippen LogP contribution in [0.4, 0.5) is 17.1 Å². The Kier molecular flexibility index (Phi) is 5.72. The number of likely N-dealkylation sites (N-methyl/N-ethyl adjacent to an activating group) is 1. The molecule has 2 rings (SSSR count). The van der Waals surface area contributed by atoms with Crippen molar-refractivity contribution in [1.29, 1.82) is 0 Å². The minimum Gasteiger partial charge on any atom is -0.497 e. The highest BCUT2D eigenvalue weighted by atomic mass is 16.6. The molecule has 0 aliphatic rings. The van der Waals surface area contributed by atoms with Gasteiger partial charge in [-0.3, -0.25) is 20.2 Å². The van der Waals surface area contributed by atoms with Crippen LogP contribution < -0.4 is 14.4 Å². The van der Waals surface area contributed by atoms with E-state index in [4.69, 9.17) is 9.47 Å². The van der Waals surface area contributed by atoms with Crippen LogP contribution in [0.2, 0.25) is 0 Å². The van der Waals surface area contributed by atoms with Gasteiger partial charge < -0.3 is 14.4 Å². The molecule has 0 fully saturated rings. The van der Waals surface area contributed by atoms with Crippen molar-refractivity contribution >= 4 is 17.1 Å². The van der Waals surface area contributed by atoms with Gasteiger partial charge >= 0.3 is 0 Å².